The molecule has 3 amide bonds. The number of aryl methyl sites for hydroxylation is 2. The average molecular weight is 397 g/mol. The first-order chi connectivity index (χ1) is 13.9. The van der Waals surface area contributed by atoms with Crippen LogP contribution in [0, 0.1) is 13.8 Å². The van der Waals surface area contributed by atoms with Gasteiger partial charge in [0.15, 0.2) is 6.10 Å². The Morgan fingerprint density at radius 2 is 1.62 bits per heavy atom. The second kappa shape index (κ2) is 10.8. The molecule has 3 N–H and O–H groups in total. The van der Waals surface area contributed by atoms with Crippen LogP contribution in [0.3, 0.4) is 0 Å². The zero-order valence-corrected chi connectivity index (χ0v) is 17.0. The maximum absolute atomic E-state index is 12.2. The Morgan fingerprint density at radius 3 is 2.28 bits per heavy atom. The number of carbonyl (C=O) groups excluding carboxylic acids is 3. The van der Waals surface area contributed by atoms with Gasteiger partial charge in [0.1, 0.15) is 5.75 Å². The van der Waals surface area contributed by atoms with Crippen molar-refractivity contribution < 1.29 is 19.1 Å². The molecule has 154 valence electrons. The summed E-state index contributed by atoms with van der Waals surface area (Å²) >= 11 is 0. The van der Waals surface area contributed by atoms with Crippen molar-refractivity contribution in [2.45, 2.75) is 46.1 Å². The summed E-state index contributed by atoms with van der Waals surface area (Å²) in [6.07, 6.45) is -0.333. The number of hydrogen-bond acceptors (Lipinski definition) is 4. The monoisotopic (exact) mass is 397 g/mol. The van der Waals surface area contributed by atoms with E-state index in [2.05, 4.69) is 16.2 Å². The molecule has 7 nitrogen and oxygen atoms in total. The molecule has 2 aromatic rings. The number of anilines is 1. The summed E-state index contributed by atoms with van der Waals surface area (Å²) < 4.78 is 5.61. The number of hydrogen-bond donors (Lipinski definition) is 3. The number of ether oxygens (including phenoxy) is 1. The quantitative estimate of drug-likeness (QED) is 0.597. The number of hydrazine groups is 1. The van der Waals surface area contributed by atoms with Crippen LogP contribution >= 0.6 is 0 Å². The van der Waals surface area contributed by atoms with Crippen molar-refractivity contribution in [2.75, 3.05) is 5.32 Å². The molecule has 0 fully saturated rings. The predicted molar refractivity (Wildman–Crippen MR) is 111 cm³/mol. The number of benzene rings is 2. The number of amides is 3. The number of nitrogens with one attached hydrogen (secondary N) is 3. The largest absolute Gasteiger partial charge is 0.481 e. The predicted octanol–water partition coefficient (Wildman–Crippen LogP) is 3.03. The highest BCUT2D eigenvalue weighted by atomic mass is 16.5. The third-order valence-corrected chi connectivity index (χ3v) is 4.25. The van der Waals surface area contributed by atoms with E-state index in [1.165, 1.54) is 0 Å². The molecule has 0 aliphatic rings. The highest BCUT2D eigenvalue weighted by molar-refractivity contribution is 5.94. The van der Waals surface area contributed by atoms with Crippen molar-refractivity contribution in [3.63, 3.8) is 0 Å². The minimum Gasteiger partial charge on any atom is -0.481 e. The topological polar surface area (TPSA) is 96.5 Å². The maximum atomic E-state index is 12.2. The molecule has 0 saturated carbocycles. The molecular weight excluding hydrogens is 370 g/mol. The fourth-order valence-corrected chi connectivity index (χ4v) is 2.65. The third kappa shape index (κ3) is 7.29. The van der Waals surface area contributed by atoms with E-state index in [0.717, 1.165) is 16.8 Å². The van der Waals surface area contributed by atoms with Crippen LogP contribution in [0.5, 0.6) is 5.75 Å². The van der Waals surface area contributed by atoms with Gasteiger partial charge >= 0.3 is 0 Å². The molecule has 1 unspecified atom stereocenters. The zero-order valence-electron chi connectivity index (χ0n) is 17.0. The summed E-state index contributed by atoms with van der Waals surface area (Å²) in [6, 6.07) is 14.7. The Bertz CT molecular complexity index is 852. The zero-order chi connectivity index (χ0) is 21.2. The lowest BCUT2D eigenvalue weighted by Crippen LogP contribution is -2.48. The first kappa shape index (κ1) is 21.9. The maximum Gasteiger partial charge on any atom is 0.279 e. The van der Waals surface area contributed by atoms with Crippen LogP contribution < -0.4 is 20.9 Å². The summed E-state index contributed by atoms with van der Waals surface area (Å²) in [5.41, 5.74) is 7.46. The van der Waals surface area contributed by atoms with E-state index in [1.54, 1.807) is 12.1 Å². The summed E-state index contributed by atoms with van der Waals surface area (Å²) in [5.74, 6) is -0.603. The standard InChI is InChI=1S/C22H27N3O4/c1-4-19(29-17-8-6-5-7-9-17)22(28)25-24-21(27)13-12-20(26)23-18-11-10-15(2)14-16(18)3/h5-11,14,19H,4,12-13H2,1-3H3,(H,23,26)(H,24,27)(H,25,28). The molecule has 0 bridgehead atoms. The van der Waals surface area contributed by atoms with Crippen LogP contribution in [0.2, 0.25) is 0 Å². The van der Waals surface area contributed by atoms with Gasteiger partial charge in [-0.05, 0) is 44.0 Å². The first-order valence-electron chi connectivity index (χ1n) is 9.56. The van der Waals surface area contributed by atoms with Gasteiger partial charge in [0.25, 0.3) is 5.91 Å². The molecule has 0 aliphatic heterocycles. The lowest BCUT2D eigenvalue weighted by atomic mass is 10.1. The molecule has 0 radical (unpaired) electrons. The van der Waals surface area contributed by atoms with Crippen LogP contribution in [0.4, 0.5) is 5.69 Å². The van der Waals surface area contributed by atoms with E-state index in [1.807, 2.05) is 57.2 Å². The van der Waals surface area contributed by atoms with E-state index >= 15 is 0 Å². The highest BCUT2D eigenvalue weighted by Crippen LogP contribution is 2.16. The van der Waals surface area contributed by atoms with Crippen molar-refractivity contribution in [1.82, 2.24) is 10.9 Å². The number of rotatable bonds is 8. The Balaban J connectivity index is 1.74. The van der Waals surface area contributed by atoms with Gasteiger partial charge in [0, 0.05) is 18.5 Å². The summed E-state index contributed by atoms with van der Waals surface area (Å²) in [7, 11) is 0. The van der Waals surface area contributed by atoms with E-state index in [4.69, 9.17) is 4.74 Å². The van der Waals surface area contributed by atoms with Gasteiger partial charge in [-0.25, -0.2) is 0 Å². The lowest BCUT2D eigenvalue weighted by Gasteiger charge is -2.17. The Hall–Kier alpha value is -3.35. The van der Waals surface area contributed by atoms with Crippen LogP contribution in [-0.2, 0) is 14.4 Å². The lowest BCUT2D eigenvalue weighted by molar-refractivity contribution is -0.133. The molecule has 0 spiro atoms. The fourth-order valence-electron chi connectivity index (χ4n) is 2.65. The average Bonchev–Trinajstić information content (AvgIpc) is 2.71. The molecule has 1 atom stereocenters. The summed E-state index contributed by atoms with van der Waals surface area (Å²) in [4.78, 5) is 36.2. The van der Waals surface area contributed by atoms with Crippen LogP contribution in [0.1, 0.15) is 37.3 Å². The molecule has 0 heterocycles. The smallest absolute Gasteiger partial charge is 0.279 e. The molecule has 0 aromatic heterocycles. The van der Waals surface area contributed by atoms with E-state index in [9.17, 15) is 14.4 Å². The second-order valence-electron chi connectivity index (χ2n) is 6.73. The van der Waals surface area contributed by atoms with Gasteiger partial charge in [-0.1, -0.05) is 42.8 Å². The Kier molecular flexibility index (Phi) is 8.21. The van der Waals surface area contributed by atoms with Gasteiger partial charge in [-0.3, -0.25) is 25.2 Å². The summed E-state index contributed by atoms with van der Waals surface area (Å²) in [5, 5.41) is 2.79. The molecular formula is C22H27N3O4. The van der Waals surface area contributed by atoms with Crippen molar-refractivity contribution >= 4 is 23.4 Å². The van der Waals surface area contributed by atoms with Gasteiger partial charge in [0.2, 0.25) is 11.8 Å². The normalized spacial score (nSPS) is 11.3. The number of carbonyl (C=O) groups is 3. The summed E-state index contributed by atoms with van der Waals surface area (Å²) in [6.45, 7) is 5.70. The van der Waals surface area contributed by atoms with Crippen molar-refractivity contribution in [2.24, 2.45) is 0 Å². The minimum absolute atomic E-state index is 0.00669. The van der Waals surface area contributed by atoms with Crippen molar-refractivity contribution in [1.29, 1.82) is 0 Å². The Morgan fingerprint density at radius 1 is 0.931 bits per heavy atom. The van der Waals surface area contributed by atoms with Crippen LogP contribution in [-0.4, -0.2) is 23.8 Å². The van der Waals surface area contributed by atoms with Crippen molar-refractivity contribution in [3.05, 3.63) is 59.7 Å². The molecule has 0 saturated heterocycles. The van der Waals surface area contributed by atoms with Crippen molar-refractivity contribution in [3.8, 4) is 5.75 Å². The number of para-hydroxylation sites is 1. The molecule has 29 heavy (non-hydrogen) atoms. The van der Waals surface area contributed by atoms with E-state index in [0.29, 0.717) is 12.2 Å². The first-order valence-corrected chi connectivity index (χ1v) is 9.56. The van der Waals surface area contributed by atoms with Crippen LogP contribution in [0.25, 0.3) is 0 Å². The molecule has 2 rings (SSSR count). The third-order valence-electron chi connectivity index (χ3n) is 4.25. The van der Waals surface area contributed by atoms with Crippen LogP contribution in [0.15, 0.2) is 48.5 Å². The minimum atomic E-state index is -0.731. The van der Waals surface area contributed by atoms with Gasteiger partial charge in [-0.2, -0.15) is 0 Å². The fraction of sp³-hybridized carbons (Fsp3) is 0.318. The second-order valence-corrected chi connectivity index (χ2v) is 6.73. The Labute approximate surface area is 170 Å². The highest BCUT2D eigenvalue weighted by Gasteiger charge is 2.19. The van der Waals surface area contributed by atoms with E-state index < -0.39 is 17.9 Å². The molecule has 7 heteroatoms. The van der Waals surface area contributed by atoms with Gasteiger partial charge in [0.05, 0.1) is 0 Å². The van der Waals surface area contributed by atoms with Gasteiger partial charge in [-0.15, -0.1) is 0 Å². The molecule has 2 aromatic carbocycles. The SMILES string of the molecule is CCC(Oc1ccccc1)C(=O)NNC(=O)CCC(=O)Nc1ccc(C)cc1C. The molecule has 0 aliphatic carbocycles. The van der Waals surface area contributed by atoms with E-state index in [-0.39, 0.29) is 18.7 Å². The van der Waals surface area contributed by atoms with Gasteiger partial charge < -0.3 is 10.1 Å².